The third-order valence-corrected chi connectivity index (χ3v) is 2.71. The number of hydrogen-bond donors (Lipinski definition) is 0. The van der Waals surface area contributed by atoms with Crippen molar-refractivity contribution in [2.45, 2.75) is 0 Å². The van der Waals surface area contributed by atoms with Crippen molar-refractivity contribution in [1.82, 2.24) is 4.98 Å². The number of nitrogens with zero attached hydrogens (tertiary/aromatic N) is 1. The Balaban J connectivity index is 2.77. The van der Waals surface area contributed by atoms with Crippen LogP contribution in [0.2, 0.25) is 5.15 Å². The summed E-state index contributed by atoms with van der Waals surface area (Å²) in [5.74, 6) is 2.57. The van der Waals surface area contributed by atoms with Crippen LogP contribution in [0.3, 0.4) is 0 Å². The van der Waals surface area contributed by atoms with Crippen molar-refractivity contribution in [3.8, 4) is 12.3 Å². The zero-order valence-corrected chi connectivity index (χ0v) is 7.62. The van der Waals surface area contributed by atoms with E-state index in [-0.39, 0.29) is 0 Å². The third kappa shape index (κ3) is 1.18. The maximum absolute atomic E-state index is 5.71. The summed E-state index contributed by atoms with van der Waals surface area (Å²) in [4.78, 5) is 5.01. The Hall–Kier alpha value is -1.04. The van der Waals surface area contributed by atoms with Gasteiger partial charge in [-0.2, -0.15) is 0 Å². The standard InChI is InChI=1S/C9H4ClNS/c1-2-6-5-7-8(12-6)3-4-9(10)11-7/h1,3-5H. The largest absolute Gasteiger partial charge is 0.235 e. The molecule has 0 amide bonds. The third-order valence-electron chi connectivity index (χ3n) is 1.48. The van der Waals surface area contributed by atoms with Gasteiger partial charge >= 0.3 is 0 Å². The quantitative estimate of drug-likeness (QED) is 0.463. The normalized spacial score (nSPS) is 10.0. The predicted molar refractivity (Wildman–Crippen MR) is 52.6 cm³/mol. The van der Waals surface area contributed by atoms with Gasteiger partial charge in [0.15, 0.2) is 0 Å². The molecule has 0 radical (unpaired) electrons. The molecule has 12 heavy (non-hydrogen) atoms. The molecule has 0 unspecified atom stereocenters. The van der Waals surface area contributed by atoms with Gasteiger partial charge < -0.3 is 0 Å². The highest BCUT2D eigenvalue weighted by molar-refractivity contribution is 7.19. The molecular formula is C9H4ClNS. The van der Waals surface area contributed by atoms with Crippen LogP contribution in [0.15, 0.2) is 18.2 Å². The number of fused-ring (bicyclic) bond motifs is 1. The highest BCUT2D eigenvalue weighted by Gasteiger charge is 2.00. The lowest BCUT2D eigenvalue weighted by Gasteiger charge is -1.87. The van der Waals surface area contributed by atoms with Gasteiger partial charge in [0.05, 0.1) is 15.1 Å². The van der Waals surface area contributed by atoms with E-state index in [1.54, 1.807) is 17.4 Å². The van der Waals surface area contributed by atoms with Gasteiger partial charge in [0.1, 0.15) is 5.15 Å². The van der Waals surface area contributed by atoms with E-state index in [2.05, 4.69) is 10.9 Å². The summed E-state index contributed by atoms with van der Waals surface area (Å²) in [6, 6.07) is 5.56. The minimum absolute atomic E-state index is 0.504. The average molecular weight is 194 g/mol. The van der Waals surface area contributed by atoms with E-state index in [0.29, 0.717) is 5.15 Å². The fraction of sp³-hybridized carbons (Fsp3) is 0. The van der Waals surface area contributed by atoms with Crippen molar-refractivity contribution in [1.29, 1.82) is 0 Å². The summed E-state index contributed by atoms with van der Waals surface area (Å²) in [7, 11) is 0. The molecule has 0 fully saturated rings. The van der Waals surface area contributed by atoms with Crippen LogP contribution < -0.4 is 0 Å². The number of hydrogen-bond acceptors (Lipinski definition) is 2. The summed E-state index contributed by atoms with van der Waals surface area (Å²) >= 11 is 7.26. The fourth-order valence-electron chi connectivity index (χ4n) is 0.970. The van der Waals surface area contributed by atoms with Crippen LogP contribution in [0.1, 0.15) is 4.88 Å². The highest BCUT2D eigenvalue weighted by Crippen LogP contribution is 2.24. The van der Waals surface area contributed by atoms with Crippen LogP contribution in [0.4, 0.5) is 0 Å². The first-order valence-corrected chi connectivity index (χ1v) is 4.52. The molecule has 0 spiro atoms. The van der Waals surface area contributed by atoms with Crippen LogP contribution in [-0.2, 0) is 0 Å². The van der Waals surface area contributed by atoms with Crippen molar-refractivity contribution >= 4 is 33.2 Å². The van der Waals surface area contributed by atoms with Crippen molar-refractivity contribution in [3.63, 3.8) is 0 Å². The summed E-state index contributed by atoms with van der Waals surface area (Å²) in [5, 5.41) is 0.504. The molecule has 2 aromatic rings. The summed E-state index contributed by atoms with van der Waals surface area (Å²) < 4.78 is 1.08. The topological polar surface area (TPSA) is 12.9 Å². The fourth-order valence-corrected chi connectivity index (χ4v) is 1.94. The van der Waals surface area contributed by atoms with Crippen molar-refractivity contribution in [2.75, 3.05) is 0 Å². The second-order valence-electron chi connectivity index (χ2n) is 2.27. The Kier molecular flexibility index (Phi) is 1.76. The first kappa shape index (κ1) is 7.60. The summed E-state index contributed by atoms with van der Waals surface area (Å²) in [6.45, 7) is 0. The van der Waals surface area contributed by atoms with Crippen LogP contribution in [0, 0.1) is 12.3 Å². The van der Waals surface area contributed by atoms with Crippen molar-refractivity contribution in [3.05, 3.63) is 28.2 Å². The number of aromatic nitrogens is 1. The second-order valence-corrected chi connectivity index (χ2v) is 3.74. The lowest BCUT2D eigenvalue weighted by molar-refractivity contribution is 1.43. The maximum atomic E-state index is 5.71. The second kappa shape index (κ2) is 2.78. The van der Waals surface area contributed by atoms with Crippen LogP contribution in [0.5, 0.6) is 0 Å². The number of halogens is 1. The first-order chi connectivity index (χ1) is 5.79. The Morgan fingerprint density at radius 1 is 1.50 bits per heavy atom. The summed E-state index contributed by atoms with van der Waals surface area (Å²) in [5.41, 5.74) is 0.875. The van der Waals surface area contributed by atoms with Gasteiger partial charge in [0, 0.05) is 0 Å². The van der Waals surface area contributed by atoms with E-state index in [4.69, 9.17) is 18.0 Å². The first-order valence-electron chi connectivity index (χ1n) is 3.32. The Labute approximate surface area is 79.0 Å². The Bertz CT molecular complexity index is 467. The SMILES string of the molecule is C#Cc1cc2nc(Cl)ccc2s1. The Morgan fingerprint density at radius 2 is 2.33 bits per heavy atom. The average Bonchev–Trinajstić information content (AvgIpc) is 2.46. The zero-order chi connectivity index (χ0) is 8.55. The smallest absolute Gasteiger partial charge is 0.129 e. The maximum Gasteiger partial charge on any atom is 0.129 e. The van der Waals surface area contributed by atoms with Crippen molar-refractivity contribution < 1.29 is 0 Å². The molecule has 0 atom stereocenters. The van der Waals surface area contributed by atoms with Crippen LogP contribution in [0.25, 0.3) is 10.2 Å². The molecule has 0 aliphatic heterocycles. The lowest BCUT2D eigenvalue weighted by Crippen LogP contribution is -1.71. The van der Waals surface area contributed by atoms with E-state index in [1.165, 1.54) is 0 Å². The number of rotatable bonds is 0. The zero-order valence-electron chi connectivity index (χ0n) is 6.04. The number of thiophene rings is 1. The van der Waals surface area contributed by atoms with Crippen LogP contribution >= 0.6 is 22.9 Å². The van der Waals surface area contributed by atoms with Gasteiger partial charge in [-0.1, -0.05) is 17.5 Å². The molecular weight excluding hydrogens is 190 g/mol. The van der Waals surface area contributed by atoms with E-state index < -0.39 is 0 Å². The molecule has 58 valence electrons. The molecule has 1 nitrogen and oxygen atoms in total. The molecule has 0 saturated carbocycles. The van der Waals surface area contributed by atoms with Gasteiger partial charge in [-0.25, -0.2) is 4.98 Å². The van der Waals surface area contributed by atoms with E-state index in [1.807, 2.05) is 12.1 Å². The van der Waals surface area contributed by atoms with Crippen molar-refractivity contribution in [2.24, 2.45) is 0 Å². The van der Waals surface area contributed by atoms with Gasteiger partial charge in [-0.05, 0) is 18.2 Å². The minimum atomic E-state index is 0.504. The molecule has 0 aliphatic carbocycles. The minimum Gasteiger partial charge on any atom is -0.235 e. The lowest BCUT2D eigenvalue weighted by atomic mass is 10.4. The van der Waals surface area contributed by atoms with Gasteiger partial charge in [0.2, 0.25) is 0 Å². The molecule has 0 aliphatic rings. The monoisotopic (exact) mass is 193 g/mol. The van der Waals surface area contributed by atoms with Gasteiger partial charge in [0.25, 0.3) is 0 Å². The molecule has 2 aromatic heterocycles. The molecule has 0 saturated heterocycles. The highest BCUT2D eigenvalue weighted by atomic mass is 35.5. The molecule has 0 aromatic carbocycles. The molecule has 2 heterocycles. The van der Waals surface area contributed by atoms with E-state index in [9.17, 15) is 0 Å². The number of terminal acetylenes is 1. The van der Waals surface area contributed by atoms with Gasteiger partial charge in [-0.3, -0.25) is 0 Å². The number of pyridine rings is 1. The molecule has 3 heteroatoms. The molecule has 0 N–H and O–H groups in total. The molecule has 2 rings (SSSR count). The Morgan fingerprint density at radius 3 is 3.08 bits per heavy atom. The van der Waals surface area contributed by atoms with Gasteiger partial charge in [-0.15, -0.1) is 17.8 Å². The predicted octanol–water partition coefficient (Wildman–Crippen LogP) is 2.93. The van der Waals surface area contributed by atoms with E-state index >= 15 is 0 Å². The molecule has 0 bridgehead atoms. The van der Waals surface area contributed by atoms with E-state index in [0.717, 1.165) is 15.1 Å². The summed E-state index contributed by atoms with van der Waals surface area (Å²) in [6.07, 6.45) is 5.25. The van der Waals surface area contributed by atoms with Crippen LogP contribution in [-0.4, -0.2) is 4.98 Å².